The maximum atomic E-state index is 12.9. The average molecular weight is 408 g/mol. The van der Waals surface area contributed by atoms with E-state index in [1.807, 2.05) is 29.2 Å². The molecule has 154 valence electrons. The highest BCUT2D eigenvalue weighted by atomic mass is 16.6. The Morgan fingerprint density at radius 2 is 1.87 bits per heavy atom. The van der Waals surface area contributed by atoms with Gasteiger partial charge in [-0.05, 0) is 25.1 Å². The summed E-state index contributed by atoms with van der Waals surface area (Å²) in [6.07, 6.45) is 0. The molecule has 0 unspecified atom stereocenters. The first-order valence-electron chi connectivity index (χ1n) is 9.53. The van der Waals surface area contributed by atoms with Gasteiger partial charge in [-0.1, -0.05) is 12.1 Å². The van der Waals surface area contributed by atoms with Gasteiger partial charge in [0.1, 0.15) is 6.61 Å². The first-order valence-corrected chi connectivity index (χ1v) is 9.53. The fourth-order valence-electron chi connectivity index (χ4n) is 3.35. The number of fused-ring (bicyclic) bond motifs is 1. The maximum Gasteiger partial charge on any atom is 0.340 e. The smallest absolute Gasteiger partial charge is 0.340 e. The Morgan fingerprint density at radius 3 is 2.57 bits per heavy atom. The molecular weight excluding hydrogens is 388 g/mol. The molecule has 0 aliphatic carbocycles. The lowest BCUT2D eigenvalue weighted by atomic mass is 10.1. The summed E-state index contributed by atoms with van der Waals surface area (Å²) in [6, 6.07) is 11.7. The summed E-state index contributed by atoms with van der Waals surface area (Å²) in [7, 11) is 0. The first-order chi connectivity index (χ1) is 14.5. The Labute approximate surface area is 172 Å². The number of nitro benzene ring substituents is 1. The maximum absolute atomic E-state index is 12.9. The monoisotopic (exact) mass is 408 g/mol. The molecule has 9 nitrogen and oxygen atoms in total. The molecule has 0 bridgehead atoms. The Hall–Kier alpha value is -3.59. The van der Waals surface area contributed by atoms with Crippen molar-refractivity contribution in [2.24, 2.45) is 0 Å². The average Bonchev–Trinajstić information content (AvgIpc) is 2.77. The molecule has 3 aromatic rings. The van der Waals surface area contributed by atoms with Gasteiger partial charge in [-0.3, -0.25) is 10.1 Å². The van der Waals surface area contributed by atoms with Gasteiger partial charge in [0, 0.05) is 25.2 Å². The summed E-state index contributed by atoms with van der Waals surface area (Å²) < 4.78 is 10.8. The van der Waals surface area contributed by atoms with Crippen LogP contribution in [0.4, 0.5) is 11.4 Å². The van der Waals surface area contributed by atoms with Crippen LogP contribution in [-0.2, 0) is 16.1 Å². The minimum atomic E-state index is -0.644. The van der Waals surface area contributed by atoms with Crippen LogP contribution in [0.3, 0.4) is 0 Å². The van der Waals surface area contributed by atoms with Crippen molar-refractivity contribution >= 4 is 28.4 Å². The number of hydrogen-bond donors (Lipinski definition) is 0. The molecule has 1 saturated heterocycles. The quantitative estimate of drug-likeness (QED) is 0.360. The van der Waals surface area contributed by atoms with Gasteiger partial charge in [0.25, 0.3) is 5.69 Å². The highest BCUT2D eigenvalue weighted by Gasteiger charge is 2.23. The third kappa shape index (κ3) is 4.06. The number of esters is 1. The predicted octanol–water partition coefficient (Wildman–Crippen LogP) is 3.04. The number of aryl methyl sites for hydroxylation is 1. The molecule has 1 fully saturated rings. The number of rotatable bonds is 5. The van der Waals surface area contributed by atoms with E-state index in [2.05, 4.69) is 9.97 Å². The van der Waals surface area contributed by atoms with Crippen molar-refractivity contribution in [3.8, 4) is 0 Å². The highest BCUT2D eigenvalue weighted by Crippen LogP contribution is 2.27. The van der Waals surface area contributed by atoms with Crippen molar-refractivity contribution in [3.63, 3.8) is 0 Å². The number of anilines is 1. The number of carbonyl (C=O) groups is 1. The van der Waals surface area contributed by atoms with Gasteiger partial charge in [0.15, 0.2) is 0 Å². The Kier molecular flexibility index (Phi) is 5.53. The van der Waals surface area contributed by atoms with E-state index in [1.54, 1.807) is 13.0 Å². The van der Waals surface area contributed by atoms with Crippen molar-refractivity contribution < 1.29 is 19.2 Å². The number of non-ortho nitro benzene ring substituents is 1. The Balaban J connectivity index is 1.60. The van der Waals surface area contributed by atoms with Gasteiger partial charge in [-0.15, -0.1) is 0 Å². The van der Waals surface area contributed by atoms with Gasteiger partial charge < -0.3 is 14.4 Å². The van der Waals surface area contributed by atoms with E-state index in [-0.39, 0.29) is 17.9 Å². The fourth-order valence-corrected chi connectivity index (χ4v) is 3.35. The second-order valence-electron chi connectivity index (χ2n) is 6.88. The summed E-state index contributed by atoms with van der Waals surface area (Å²) in [5.74, 6) is -0.644. The van der Waals surface area contributed by atoms with Gasteiger partial charge in [0.05, 0.1) is 51.8 Å². The van der Waals surface area contributed by atoms with E-state index < -0.39 is 10.9 Å². The van der Waals surface area contributed by atoms with E-state index in [0.29, 0.717) is 48.9 Å². The van der Waals surface area contributed by atoms with Crippen LogP contribution in [0.15, 0.2) is 42.5 Å². The number of para-hydroxylation sites is 2. The second kappa shape index (κ2) is 8.42. The van der Waals surface area contributed by atoms with Crippen LogP contribution in [0.25, 0.3) is 11.0 Å². The molecule has 1 aromatic heterocycles. The van der Waals surface area contributed by atoms with Crippen LogP contribution in [-0.4, -0.2) is 47.2 Å². The largest absolute Gasteiger partial charge is 0.455 e. The number of hydrogen-bond acceptors (Lipinski definition) is 8. The van der Waals surface area contributed by atoms with E-state index in [1.165, 1.54) is 12.1 Å². The number of carbonyl (C=O) groups excluding carboxylic acids is 1. The normalized spacial score (nSPS) is 14.0. The van der Waals surface area contributed by atoms with Gasteiger partial charge in [-0.25, -0.2) is 14.8 Å². The number of morpholine rings is 1. The second-order valence-corrected chi connectivity index (χ2v) is 6.88. The lowest BCUT2D eigenvalue weighted by Gasteiger charge is -2.30. The van der Waals surface area contributed by atoms with Gasteiger partial charge in [-0.2, -0.15) is 0 Å². The van der Waals surface area contributed by atoms with E-state index >= 15 is 0 Å². The topological polar surface area (TPSA) is 108 Å². The summed E-state index contributed by atoms with van der Waals surface area (Å²) in [4.78, 5) is 34.5. The van der Waals surface area contributed by atoms with E-state index in [4.69, 9.17) is 9.47 Å². The van der Waals surface area contributed by atoms with Crippen LogP contribution in [0.5, 0.6) is 0 Å². The molecule has 0 atom stereocenters. The zero-order chi connectivity index (χ0) is 21.1. The molecule has 2 aromatic carbocycles. The van der Waals surface area contributed by atoms with E-state index in [0.717, 1.165) is 5.52 Å². The minimum absolute atomic E-state index is 0.0757. The molecule has 4 rings (SSSR count). The summed E-state index contributed by atoms with van der Waals surface area (Å²) in [5.41, 5.74) is 3.25. The standard InChI is InChI=1S/C21H20N4O5/c1-14-19(23-18-5-3-2-4-17(18)22-14)13-30-21(26)16-12-15(25(27)28)6-7-20(16)24-8-10-29-11-9-24/h2-7,12H,8-11,13H2,1H3. The third-order valence-electron chi connectivity index (χ3n) is 4.95. The molecule has 0 spiro atoms. The molecule has 0 radical (unpaired) electrons. The predicted molar refractivity (Wildman–Crippen MR) is 110 cm³/mol. The molecule has 1 aliphatic rings. The van der Waals surface area contributed by atoms with Crippen molar-refractivity contribution in [3.05, 3.63) is 69.5 Å². The number of nitrogens with zero attached hydrogens (tertiary/aromatic N) is 4. The zero-order valence-corrected chi connectivity index (χ0v) is 16.4. The van der Waals surface area contributed by atoms with Crippen molar-refractivity contribution in [2.75, 3.05) is 31.2 Å². The third-order valence-corrected chi connectivity index (χ3v) is 4.95. The summed E-state index contributed by atoms with van der Waals surface area (Å²) in [5, 5.41) is 11.2. The number of nitro groups is 1. The highest BCUT2D eigenvalue weighted by molar-refractivity contribution is 5.96. The lowest BCUT2D eigenvalue weighted by molar-refractivity contribution is -0.384. The molecule has 30 heavy (non-hydrogen) atoms. The number of ether oxygens (including phenoxy) is 2. The molecule has 0 N–H and O–H groups in total. The van der Waals surface area contributed by atoms with Crippen molar-refractivity contribution in [1.29, 1.82) is 0 Å². The zero-order valence-electron chi connectivity index (χ0n) is 16.4. The molecule has 2 heterocycles. The van der Waals surface area contributed by atoms with Crippen LogP contribution in [0.2, 0.25) is 0 Å². The van der Waals surface area contributed by atoms with Crippen LogP contribution < -0.4 is 4.90 Å². The lowest BCUT2D eigenvalue weighted by Crippen LogP contribution is -2.37. The first kappa shape index (κ1) is 19.7. The molecule has 0 amide bonds. The van der Waals surface area contributed by atoms with Crippen LogP contribution in [0.1, 0.15) is 21.7 Å². The van der Waals surface area contributed by atoms with Crippen molar-refractivity contribution in [1.82, 2.24) is 9.97 Å². The van der Waals surface area contributed by atoms with Crippen LogP contribution in [0, 0.1) is 17.0 Å². The molecule has 0 saturated carbocycles. The molecular formula is C21H20N4O5. The number of benzene rings is 2. The Bertz CT molecular complexity index is 1110. The number of aromatic nitrogens is 2. The summed E-state index contributed by atoms with van der Waals surface area (Å²) in [6.45, 7) is 3.96. The fraction of sp³-hybridized carbons (Fsp3) is 0.286. The molecule has 9 heteroatoms. The van der Waals surface area contributed by atoms with Gasteiger partial charge >= 0.3 is 5.97 Å². The SMILES string of the molecule is Cc1nc2ccccc2nc1COC(=O)c1cc([N+](=O)[O-])ccc1N1CCOCC1. The minimum Gasteiger partial charge on any atom is -0.455 e. The summed E-state index contributed by atoms with van der Waals surface area (Å²) >= 11 is 0. The molecule has 1 aliphatic heterocycles. The van der Waals surface area contributed by atoms with Gasteiger partial charge in [0.2, 0.25) is 0 Å². The Morgan fingerprint density at radius 1 is 1.17 bits per heavy atom. The van der Waals surface area contributed by atoms with Crippen molar-refractivity contribution in [2.45, 2.75) is 13.5 Å². The van der Waals surface area contributed by atoms with E-state index in [9.17, 15) is 14.9 Å². The van der Waals surface area contributed by atoms with Crippen LogP contribution >= 0.6 is 0 Å².